The molecule has 0 amide bonds. The Morgan fingerprint density at radius 3 is 0.971 bits per heavy atom. The van der Waals surface area contributed by atoms with E-state index in [1.54, 1.807) is 0 Å². The van der Waals surface area contributed by atoms with Crippen LogP contribution in [-0.4, -0.2) is 37.2 Å². The first-order chi connectivity index (χ1) is 34.0. The summed E-state index contributed by atoms with van der Waals surface area (Å²) in [5.74, 6) is -1.09. The van der Waals surface area contributed by atoms with E-state index >= 15 is 0 Å². The number of ether oxygens (including phenoxy) is 3. The summed E-state index contributed by atoms with van der Waals surface area (Å²) in [5.41, 5.74) is 0. The van der Waals surface area contributed by atoms with Crippen molar-refractivity contribution in [2.45, 2.75) is 245 Å². The zero-order valence-corrected chi connectivity index (χ0v) is 44.5. The third-order valence-electron chi connectivity index (χ3n) is 11.4. The van der Waals surface area contributed by atoms with Gasteiger partial charge in [0.25, 0.3) is 0 Å². The first-order valence-electron chi connectivity index (χ1n) is 28.0. The van der Waals surface area contributed by atoms with Gasteiger partial charge in [-0.15, -0.1) is 0 Å². The molecule has 0 aromatic rings. The zero-order chi connectivity index (χ0) is 50.0. The maximum Gasteiger partial charge on any atom is 0.306 e. The van der Waals surface area contributed by atoms with Crippen molar-refractivity contribution in [3.05, 3.63) is 122 Å². The van der Waals surface area contributed by atoms with Gasteiger partial charge in [-0.2, -0.15) is 0 Å². The third-order valence-corrected chi connectivity index (χ3v) is 11.4. The molecule has 0 unspecified atom stereocenters. The van der Waals surface area contributed by atoms with Crippen molar-refractivity contribution in [1.82, 2.24) is 0 Å². The Morgan fingerprint density at radius 2 is 0.565 bits per heavy atom. The van der Waals surface area contributed by atoms with Gasteiger partial charge in [0.05, 0.1) is 0 Å². The quantitative estimate of drug-likeness (QED) is 0.0262. The van der Waals surface area contributed by atoms with Crippen LogP contribution >= 0.6 is 0 Å². The van der Waals surface area contributed by atoms with Crippen LogP contribution in [0, 0.1) is 0 Å². The molecular weight excluding hydrogens is 853 g/mol. The fraction of sp³-hybridized carbons (Fsp3) is 0.635. The Labute approximate surface area is 424 Å². The summed E-state index contributed by atoms with van der Waals surface area (Å²) in [7, 11) is 0. The average molecular weight is 956 g/mol. The number of hydrogen-bond acceptors (Lipinski definition) is 6. The fourth-order valence-electron chi connectivity index (χ4n) is 7.18. The van der Waals surface area contributed by atoms with E-state index in [0.717, 1.165) is 83.5 Å². The molecule has 0 aliphatic heterocycles. The van der Waals surface area contributed by atoms with Gasteiger partial charge in [-0.05, 0) is 122 Å². The molecule has 0 aliphatic rings. The van der Waals surface area contributed by atoms with Gasteiger partial charge in [0.15, 0.2) is 6.10 Å². The molecule has 0 saturated heterocycles. The van der Waals surface area contributed by atoms with Crippen LogP contribution in [0.5, 0.6) is 0 Å². The third kappa shape index (κ3) is 54.6. The van der Waals surface area contributed by atoms with Crippen molar-refractivity contribution < 1.29 is 28.6 Å². The molecule has 1 atom stereocenters. The number of carbonyl (C=O) groups excluding carboxylic acids is 3. The van der Waals surface area contributed by atoms with Gasteiger partial charge >= 0.3 is 17.9 Å². The number of hydrogen-bond donors (Lipinski definition) is 0. The van der Waals surface area contributed by atoms with E-state index in [-0.39, 0.29) is 38.0 Å². The lowest BCUT2D eigenvalue weighted by Gasteiger charge is -2.18. The highest BCUT2D eigenvalue weighted by Crippen LogP contribution is 2.12. The minimum Gasteiger partial charge on any atom is -0.462 e. The Kier molecular flexibility index (Phi) is 53.0. The van der Waals surface area contributed by atoms with Crippen LogP contribution in [0.25, 0.3) is 0 Å². The molecule has 0 fully saturated rings. The minimum atomic E-state index is -0.847. The molecular formula is C63H102O6. The van der Waals surface area contributed by atoms with E-state index in [0.29, 0.717) is 19.3 Å². The fourth-order valence-corrected chi connectivity index (χ4v) is 7.18. The molecule has 0 heterocycles. The van der Waals surface area contributed by atoms with E-state index in [2.05, 4.69) is 130 Å². The number of unbranched alkanes of at least 4 members (excludes halogenated alkanes) is 18. The molecule has 0 rings (SSSR count). The first kappa shape index (κ1) is 64.8. The number of allylic oxidation sites excluding steroid dienone is 20. The molecule has 6 heteroatoms. The summed E-state index contributed by atoms with van der Waals surface area (Å²) in [5, 5.41) is 0. The average Bonchev–Trinajstić information content (AvgIpc) is 3.35. The molecule has 0 spiro atoms. The van der Waals surface area contributed by atoms with Crippen LogP contribution in [0.2, 0.25) is 0 Å². The van der Waals surface area contributed by atoms with Gasteiger partial charge in [-0.3, -0.25) is 14.4 Å². The maximum absolute atomic E-state index is 12.8. The zero-order valence-electron chi connectivity index (χ0n) is 44.5. The van der Waals surface area contributed by atoms with Gasteiger partial charge in [-0.25, -0.2) is 0 Å². The highest BCUT2D eigenvalue weighted by atomic mass is 16.6. The second-order valence-electron chi connectivity index (χ2n) is 18.1. The second-order valence-corrected chi connectivity index (χ2v) is 18.1. The molecule has 0 N–H and O–H groups in total. The lowest BCUT2D eigenvalue weighted by molar-refractivity contribution is -0.166. The molecule has 6 nitrogen and oxygen atoms in total. The minimum absolute atomic E-state index is 0.132. The molecule has 0 bridgehead atoms. The van der Waals surface area contributed by atoms with Crippen LogP contribution < -0.4 is 0 Å². The summed E-state index contributed by atoms with van der Waals surface area (Å²) in [6.07, 6.45) is 77.7. The van der Waals surface area contributed by atoms with Gasteiger partial charge in [0.2, 0.25) is 0 Å². The Morgan fingerprint density at radius 1 is 0.290 bits per heavy atom. The lowest BCUT2D eigenvalue weighted by atomic mass is 10.1. The van der Waals surface area contributed by atoms with Gasteiger partial charge in [0, 0.05) is 19.3 Å². The van der Waals surface area contributed by atoms with Crippen molar-refractivity contribution in [3.8, 4) is 0 Å². The summed E-state index contributed by atoms with van der Waals surface area (Å²) in [6, 6.07) is 0. The summed E-state index contributed by atoms with van der Waals surface area (Å²) >= 11 is 0. The van der Waals surface area contributed by atoms with Crippen molar-refractivity contribution in [2.24, 2.45) is 0 Å². The SMILES string of the molecule is CCCCC/C=C\C/C=C\C/C=C\C/C=C\C/C=C\CCC(=O)O[C@H](COC(=O)CCC/C=C\C/C=C\C/C=C\C/C=C\CCCCC)COC(=O)CCCCCCC/C=C\CCCCCCCC. The van der Waals surface area contributed by atoms with E-state index in [1.807, 2.05) is 12.2 Å². The molecule has 0 saturated carbocycles. The Balaban J connectivity index is 4.62. The summed E-state index contributed by atoms with van der Waals surface area (Å²) in [6.45, 7) is 6.45. The smallest absolute Gasteiger partial charge is 0.306 e. The van der Waals surface area contributed by atoms with Crippen LogP contribution in [0.4, 0.5) is 0 Å². The number of rotatable bonds is 49. The highest BCUT2D eigenvalue weighted by molar-refractivity contribution is 5.71. The Hall–Kier alpha value is -4.19. The Bertz CT molecular complexity index is 1470. The number of carbonyl (C=O) groups is 3. The van der Waals surface area contributed by atoms with E-state index in [4.69, 9.17) is 14.2 Å². The van der Waals surface area contributed by atoms with Crippen molar-refractivity contribution in [3.63, 3.8) is 0 Å². The molecule has 0 aliphatic carbocycles. The van der Waals surface area contributed by atoms with Crippen molar-refractivity contribution in [1.29, 1.82) is 0 Å². The highest BCUT2D eigenvalue weighted by Gasteiger charge is 2.19. The topological polar surface area (TPSA) is 78.9 Å². The molecule has 0 aromatic carbocycles. The molecule has 69 heavy (non-hydrogen) atoms. The molecule has 0 aromatic heterocycles. The number of esters is 3. The lowest BCUT2D eigenvalue weighted by Crippen LogP contribution is -2.30. The van der Waals surface area contributed by atoms with E-state index in [1.165, 1.54) is 103 Å². The molecule has 390 valence electrons. The van der Waals surface area contributed by atoms with Crippen LogP contribution in [0.1, 0.15) is 239 Å². The first-order valence-corrected chi connectivity index (χ1v) is 28.0. The van der Waals surface area contributed by atoms with Gasteiger partial charge in [-0.1, -0.05) is 219 Å². The normalized spacial score (nSPS) is 13.0. The van der Waals surface area contributed by atoms with E-state index in [9.17, 15) is 14.4 Å². The largest absolute Gasteiger partial charge is 0.462 e. The summed E-state index contributed by atoms with van der Waals surface area (Å²) in [4.78, 5) is 38.1. The summed E-state index contributed by atoms with van der Waals surface area (Å²) < 4.78 is 16.7. The predicted octanol–water partition coefficient (Wildman–Crippen LogP) is 18.9. The van der Waals surface area contributed by atoms with E-state index < -0.39 is 12.1 Å². The molecule has 0 radical (unpaired) electrons. The monoisotopic (exact) mass is 955 g/mol. The van der Waals surface area contributed by atoms with Gasteiger partial charge in [0.1, 0.15) is 13.2 Å². The van der Waals surface area contributed by atoms with Crippen molar-refractivity contribution in [2.75, 3.05) is 13.2 Å². The van der Waals surface area contributed by atoms with Crippen molar-refractivity contribution >= 4 is 17.9 Å². The van der Waals surface area contributed by atoms with Crippen LogP contribution in [0.3, 0.4) is 0 Å². The standard InChI is InChI=1S/C63H102O6/c1-4-7-10-13-16-19-22-25-28-30-31-33-36-39-42-45-48-51-54-57-63(66)69-60(58-67-61(64)55-52-49-46-43-40-37-34-27-24-21-18-15-12-9-6-3)59-68-62(65)56-53-50-47-44-41-38-35-32-29-26-23-20-17-14-11-8-5-2/h16-17,19-20,25-29,31,33-35,38-39,42,44,47-48,51,60H,4-15,18,21-24,30,32,36-37,40-41,43,45-46,49-50,52-59H2,1-3H3/b19-16-,20-17-,28-25-,29-26-,33-31-,34-27-,38-35-,42-39-,47-44-,51-48-/t60-/m0/s1. The second kappa shape index (κ2) is 56.4. The maximum atomic E-state index is 12.8. The van der Waals surface area contributed by atoms with Gasteiger partial charge < -0.3 is 14.2 Å². The van der Waals surface area contributed by atoms with Crippen LogP contribution in [-0.2, 0) is 28.6 Å². The predicted molar refractivity (Wildman–Crippen MR) is 297 cm³/mol. The van der Waals surface area contributed by atoms with Crippen LogP contribution in [0.15, 0.2) is 122 Å².